The van der Waals surface area contributed by atoms with Crippen LogP contribution in [0.4, 0.5) is 5.82 Å². The second kappa shape index (κ2) is 16.2. The molecule has 0 aliphatic heterocycles. The summed E-state index contributed by atoms with van der Waals surface area (Å²) in [6.07, 6.45) is 7.61. The number of nitrogen functional groups attached to an aromatic ring is 1. The molecule has 12 nitrogen and oxygen atoms in total. The number of hydrogen-bond acceptors (Lipinski definition) is 10. The fraction of sp³-hybridized carbons (Fsp3) is 0.750. The highest BCUT2D eigenvalue weighted by atomic mass is 31.2. The van der Waals surface area contributed by atoms with Crippen molar-refractivity contribution < 1.29 is 23.5 Å². The van der Waals surface area contributed by atoms with Gasteiger partial charge < -0.3 is 24.4 Å². The van der Waals surface area contributed by atoms with Crippen LogP contribution in [0, 0.1) is 11.8 Å². The van der Waals surface area contributed by atoms with Crippen LogP contribution < -0.4 is 10.8 Å². The number of aromatic nitrogens is 4. The predicted octanol–water partition coefficient (Wildman–Crippen LogP) is 5.92. The Morgan fingerprint density at radius 1 is 1.10 bits per heavy atom. The molecule has 0 spiro atoms. The topological polar surface area (TPSA) is 156 Å². The van der Waals surface area contributed by atoms with Gasteiger partial charge in [-0.25, -0.2) is 20.0 Å². The molecule has 0 aliphatic rings. The molecule has 1 unspecified atom stereocenters. The van der Waals surface area contributed by atoms with Crippen molar-refractivity contribution in [1.29, 1.82) is 0 Å². The van der Waals surface area contributed by atoms with Crippen molar-refractivity contribution >= 4 is 36.2 Å². The first kappa shape index (κ1) is 34.6. The van der Waals surface area contributed by atoms with Crippen LogP contribution in [-0.2, 0) is 30.0 Å². The number of carbonyl (C=O) groups excluding carboxylic acids is 1. The van der Waals surface area contributed by atoms with Crippen molar-refractivity contribution in [1.82, 2.24) is 24.6 Å². The van der Waals surface area contributed by atoms with E-state index in [2.05, 4.69) is 59.8 Å². The molecule has 2 heterocycles. The maximum absolute atomic E-state index is 14.2. The Morgan fingerprint density at radius 2 is 1.78 bits per heavy atom. The highest BCUT2D eigenvalue weighted by Gasteiger charge is 2.40. The molecule has 0 aliphatic carbocycles. The second-order valence-corrected chi connectivity index (χ2v) is 14.0. The Kier molecular flexibility index (Phi) is 13.7. The number of oxime groups is 1. The van der Waals surface area contributed by atoms with Gasteiger partial charge in [0.25, 0.3) is 0 Å². The summed E-state index contributed by atoms with van der Waals surface area (Å²) in [6, 6.07) is 0. The van der Waals surface area contributed by atoms with E-state index >= 15 is 0 Å². The van der Waals surface area contributed by atoms with E-state index in [1.165, 1.54) is 6.33 Å². The second-order valence-electron chi connectivity index (χ2n) is 12.0. The highest BCUT2D eigenvalue weighted by Crippen LogP contribution is 2.46. The van der Waals surface area contributed by atoms with Gasteiger partial charge in [0, 0.05) is 0 Å². The minimum atomic E-state index is -3.82. The molecule has 0 fully saturated rings. The van der Waals surface area contributed by atoms with Crippen LogP contribution in [0.1, 0.15) is 93.9 Å². The molecular weight excluding hydrogens is 545 g/mol. The van der Waals surface area contributed by atoms with E-state index in [4.69, 9.17) is 19.8 Å². The summed E-state index contributed by atoms with van der Waals surface area (Å²) >= 11 is 0. The maximum Gasteiger partial charge on any atom is 0.365 e. The molecule has 3 N–H and O–H groups in total. The molecule has 2 rings (SSSR count). The van der Waals surface area contributed by atoms with E-state index in [-0.39, 0.29) is 6.35 Å². The number of fused-ring (bicyclic) bond motifs is 1. The standard InChI is InChI=1S/C28H50N7O5P/c1-9-10-11-12-13-38-27(36)28(7,8)34-41(37,40-33-23(14-20(2)3)15-21(4)5)19-39-22(6)16-35-18-32-24-25(29)30-17-31-26(24)35/h17-18,20-22H,9-16,19H2,1-8H3,(H,34,37)(H2,29,30,31)/t22-,41?/m1/s1. The fourth-order valence-corrected chi connectivity index (χ4v) is 6.03. The lowest BCUT2D eigenvalue weighted by molar-refractivity contribution is -0.149. The number of hydrogen-bond donors (Lipinski definition) is 2. The summed E-state index contributed by atoms with van der Waals surface area (Å²) in [4.78, 5) is 25.4. The summed E-state index contributed by atoms with van der Waals surface area (Å²) < 4.78 is 33.2. The Morgan fingerprint density at radius 3 is 2.41 bits per heavy atom. The first-order valence-electron chi connectivity index (χ1n) is 14.6. The minimum Gasteiger partial charge on any atom is -0.464 e. The third kappa shape index (κ3) is 11.7. The zero-order valence-corrected chi connectivity index (χ0v) is 26.9. The molecule has 41 heavy (non-hydrogen) atoms. The molecule has 0 saturated carbocycles. The van der Waals surface area contributed by atoms with Crippen LogP contribution in [-0.4, -0.2) is 55.8 Å². The van der Waals surface area contributed by atoms with E-state index < -0.39 is 25.1 Å². The SMILES string of the molecule is CCCCCCOC(=O)C(C)(C)NP(=O)(CO[C@H](C)Cn1cnc2c(N)ncnc21)ON=C(CC(C)C)CC(C)C. The zero-order chi connectivity index (χ0) is 30.6. The monoisotopic (exact) mass is 595 g/mol. The number of ether oxygens (including phenoxy) is 2. The number of anilines is 1. The molecule has 0 saturated heterocycles. The van der Waals surface area contributed by atoms with Gasteiger partial charge in [-0.3, -0.25) is 9.36 Å². The van der Waals surface area contributed by atoms with E-state index in [1.807, 2.05) is 6.92 Å². The molecule has 13 heteroatoms. The van der Waals surface area contributed by atoms with Crippen molar-refractivity contribution in [2.24, 2.45) is 17.0 Å². The number of nitrogens with one attached hydrogen (secondary N) is 1. The lowest BCUT2D eigenvalue weighted by Crippen LogP contribution is -2.47. The normalized spacial score (nSPS) is 14.3. The Hall–Kier alpha value is -2.56. The number of carbonyl (C=O) groups is 1. The molecule has 2 atom stereocenters. The van der Waals surface area contributed by atoms with Gasteiger partial charge in [0.15, 0.2) is 11.5 Å². The van der Waals surface area contributed by atoms with Gasteiger partial charge in [0.1, 0.15) is 23.7 Å². The first-order valence-corrected chi connectivity index (χ1v) is 16.4. The third-order valence-electron chi connectivity index (χ3n) is 6.19. The summed E-state index contributed by atoms with van der Waals surface area (Å²) in [5.74, 6) is 0.477. The minimum absolute atomic E-state index is 0.292. The van der Waals surface area contributed by atoms with Gasteiger partial charge in [-0.2, -0.15) is 0 Å². The van der Waals surface area contributed by atoms with E-state index in [0.717, 1.165) is 31.4 Å². The highest BCUT2D eigenvalue weighted by molar-refractivity contribution is 7.56. The van der Waals surface area contributed by atoms with Crippen molar-refractivity contribution in [2.45, 2.75) is 112 Å². The molecule has 0 aromatic carbocycles. The van der Waals surface area contributed by atoms with Crippen molar-refractivity contribution in [3.63, 3.8) is 0 Å². The first-order chi connectivity index (χ1) is 19.3. The molecule has 2 aromatic rings. The van der Waals surface area contributed by atoms with Crippen molar-refractivity contribution in [3.05, 3.63) is 12.7 Å². The van der Waals surface area contributed by atoms with E-state index in [9.17, 15) is 9.36 Å². The Balaban J connectivity index is 2.19. The van der Waals surface area contributed by atoms with E-state index in [1.54, 1.807) is 24.7 Å². The number of rotatable bonds is 19. The van der Waals surface area contributed by atoms with Crippen LogP contribution >= 0.6 is 7.52 Å². The van der Waals surface area contributed by atoms with Gasteiger partial charge in [-0.1, -0.05) is 59.0 Å². The third-order valence-corrected chi connectivity index (χ3v) is 7.93. The van der Waals surface area contributed by atoms with Crippen LogP contribution in [0.15, 0.2) is 17.8 Å². The number of imidazole rings is 1. The summed E-state index contributed by atoms with van der Waals surface area (Å²) in [7, 11) is -3.82. The van der Waals surface area contributed by atoms with Crippen molar-refractivity contribution in [2.75, 3.05) is 18.7 Å². The van der Waals surface area contributed by atoms with Gasteiger partial charge in [-0.05, 0) is 51.9 Å². The van der Waals surface area contributed by atoms with E-state index in [0.29, 0.717) is 54.8 Å². The number of esters is 1. The number of nitrogens with zero attached hydrogens (tertiary/aromatic N) is 5. The van der Waals surface area contributed by atoms with Gasteiger partial charge >= 0.3 is 13.5 Å². The smallest absolute Gasteiger partial charge is 0.365 e. The largest absolute Gasteiger partial charge is 0.464 e. The van der Waals surface area contributed by atoms with Gasteiger partial charge in [0.05, 0.1) is 31.3 Å². The lowest BCUT2D eigenvalue weighted by Gasteiger charge is -2.29. The predicted molar refractivity (Wildman–Crippen MR) is 163 cm³/mol. The Labute approximate surface area is 244 Å². The zero-order valence-electron chi connectivity index (χ0n) is 26.1. The maximum atomic E-state index is 14.2. The molecule has 232 valence electrons. The molecule has 0 bridgehead atoms. The van der Waals surface area contributed by atoms with Crippen LogP contribution in [0.3, 0.4) is 0 Å². The van der Waals surface area contributed by atoms with Gasteiger partial charge in [-0.15, -0.1) is 0 Å². The van der Waals surface area contributed by atoms with Crippen LogP contribution in [0.2, 0.25) is 0 Å². The Bertz CT molecular complexity index is 1170. The van der Waals surface area contributed by atoms with Crippen LogP contribution in [0.5, 0.6) is 0 Å². The van der Waals surface area contributed by atoms with Gasteiger partial charge in [0.2, 0.25) is 0 Å². The number of nitrogens with two attached hydrogens (primary N) is 1. The summed E-state index contributed by atoms with van der Waals surface area (Å²) in [5.41, 5.74) is 6.49. The lowest BCUT2D eigenvalue weighted by atomic mass is 9.99. The molecule has 0 amide bonds. The average Bonchev–Trinajstić information content (AvgIpc) is 3.29. The molecule has 2 aromatic heterocycles. The fourth-order valence-electron chi connectivity index (χ4n) is 4.23. The quantitative estimate of drug-likeness (QED) is 0.0657. The summed E-state index contributed by atoms with van der Waals surface area (Å²) in [5, 5.41) is 7.24. The average molecular weight is 596 g/mol. The molecule has 0 radical (unpaired) electrons. The number of unbranched alkanes of at least 4 members (excludes halogenated alkanes) is 3. The van der Waals surface area contributed by atoms with Crippen LogP contribution in [0.25, 0.3) is 11.2 Å². The summed E-state index contributed by atoms with van der Waals surface area (Å²) in [6.45, 7) is 16.2. The van der Waals surface area contributed by atoms with Crippen molar-refractivity contribution in [3.8, 4) is 0 Å². The molecular formula is C28H50N7O5P.